The summed E-state index contributed by atoms with van der Waals surface area (Å²) in [6, 6.07) is 4.14. The summed E-state index contributed by atoms with van der Waals surface area (Å²) in [5.41, 5.74) is 8.10. The highest BCUT2D eigenvalue weighted by Crippen LogP contribution is 2.39. The summed E-state index contributed by atoms with van der Waals surface area (Å²) >= 11 is 6.83. The van der Waals surface area contributed by atoms with Crippen molar-refractivity contribution in [1.29, 1.82) is 0 Å². The molecule has 2 unspecified atom stereocenters. The second kappa shape index (κ2) is 6.35. The number of aryl methyl sites for hydroxylation is 2. The highest BCUT2D eigenvalue weighted by molar-refractivity contribution is 9.10. The number of thiophene rings is 1. The summed E-state index contributed by atoms with van der Waals surface area (Å²) in [5, 5.41) is 3.05. The monoisotopic (exact) mass is 357 g/mol. The predicted molar refractivity (Wildman–Crippen MR) is 85.8 cm³/mol. The zero-order valence-corrected chi connectivity index (χ0v) is 14.3. The summed E-state index contributed by atoms with van der Waals surface area (Å²) in [4.78, 5) is 10.2. The minimum absolute atomic E-state index is 0.0416. The number of hydrogen-bond acceptors (Lipinski definition) is 5. The lowest BCUT2D eigenvalue weighted by atomic mass is 10.2. The average molecular weight is 358 g/mol. The Hall–Kier alpha value is -0.430. The minimum Gasteiger partial charge on any atom is -0.327 e. The highest BCUT2D eigenvalue weighted by atomic mass is 79.9. The maximum Gasteiger partial charge on any atom is 0.188 e. The smallest absolute Gasteiger partial charge is 0.188 e. The maximum absolute atomic E-state index is 6.12. The molecule has 6 heteroatoms. The van der Waals surface area contributed by atoms with Crippen LogP contribution in [0.25, 0.3) is 0 Å². The summed E-state index contributed by atoms with van der Waals surface area (Å²) < 4.78 is 1.10. The summed E-state index contributed by atoms with van der Waals surface area (Å²) in [6.07, 6.45) is 0. The molecule has 0 fully saturated rings. The van der Waals surface area contributed by atoms with Gasteiger partial charge in [0.2, 0.25) is 0 Å². The Kier molecular flexibility index (Phi) is 5.00. The van der Waals surface area contributed by atoms with E-state index >= 15 is 0 Å². The zero-order valence-electron chi connectivity index (χ0n) is 11.1. The predicted octanol–water partition coefficient (Wildman–Crippen LogP) is 4.10. The van der Waals surface area contributed by atoms with Crippen molar-refractivity contribution in [2.24, 2.45) is 5.73 Å². The molecular formula is C13H16BrN3S2. The van der Waals surface area contributed by atoms with E-state index in [9.17, 15) is 0 Å². The van der Waals surface area contributed by atoms with Crippen LogP contribution in [0.3, 0.4) is 0 Å². The van der Waals surface area contributed by atoms with E-state index in [1.807, 2.05) is 26.8 Å². The van der Waals surface area contributed by atoms with E-state index in [1.54, 1.807) is 23.1 Å². The van der Waals surface area contributed by atoms with Crippen molar-refractivity contribution in [3.8, 4) is 0 Å². The lowest BCUT2D eigenvalue weighted by molar-refractivity contribution is 0.725. The molecule has 0 amide bonds. The second-order valence-corrected chi connectivity index (χ2v) is 7.47. The topological polar surface area (TPSA) is 51.8 Å². The van der Waals surface area contributed by atoms with Gasteiger partial charge in [-0.3, -0.25) is 0 Å². The standard InChI is InChI=1S/C13H16BrN3S2/c1-7-4-8(2)17-13(16-7)19-12(9(3)15)11-5-10(14)6-18-11/h4-6,9,12H,15H2,1-3H3. The number of rotatable bonds is 4. The first-order chi connectivity index (χ1) is 8.95. The van der Waals surface area contributed by atoms with Gasteiger partial charge in [0.25, 0.3) is 0 Å². The van der Waals surface area contributed by atoms with Crippen LogP contribution in [-0.4, -0.2) is 16.0 Å². The van der Waals surface area contributed by atoms with Crippen LogP contribution < -0.4 is 5.73 Å². The van der Waals surface area contributed by atoms with Crippen LogP contribution >= 0.6 is 39.0 Å². The lowest BCUT2D eigenvalue weighted by Gasteiger charge is -2.18. The third kappa shape index (κ3) is 4.02. The molecule has 0 spiro atoms. The van der Waals surface area contributed by atoms with Gasteiger partial charge in [0.15, 0.2) is 5.16 Å². The van der Waals surface area contributed by atoms with Gasteiger partial charge in [-0.2, -0.15) is 0 Å². The van der Waals surface area contributed by atoms with Crippen LogP contribution in [-0.2, 0) is 0 Å². The Bertz CT molecular complexity index is 549. The van der Waals surface area contributed by atoms with Crippen molar-refractivity contribution in [3.05, 3.63) is 38.3 Å². The molecule has 2 heterocycles. The Balaban J connectivity index is 2.26. The van der Waals surface area contributed by atoms with Crippen LogP contribution in [0, 0.1) is 13.8 Å². The molecule has 2 rings (SSSR count). The van der Waals surface area contributed by atoms with Gasteiger partial charge in [-0.05, 0) is 48.8 Å². The van der Waals surface area contributed by atoms with Gasteiger partial charge in [-0.25, -0.2) is 9.97 Å². The number of aromatic nitrogens is 2. The first kappa shape index (κ1) is 15.0. The van der Waals surface area contributed by atoms with E-state index in [4.69, 9.17) is 5.73 Å². The van der Waals surface area contributed by atoms with Crippen molar-refractivity contribution in [2.75, 3.05) is 0 Å². The Morgan fingerprint density at radius 3 is 2.37 bits per heavy atom. The fourth-order valence-electron chi connectivity index (χ4n) is 1.76. The molecule has 2 N–H and O–H groups in total. The van der Waals surface area contributed by atoms with Crippen molar-refractivity contribution in [2.45, 2.75) is 37.2 Å². The zero-order chi connectivity index (χ0) is 14.0. The number of thioether (sulfide) groups is 1. The minimum atomic E-state index is 0.0416. The number of hydrogen-bond donors (Lipinski definition) is 1. The van der Waals surface area contributed by atoms with E-state index in [0.29, 0.717) is 0 Å². The van der Waals surface area contributed by atoms with Crippen LogP contribution in [0.4, 0.5) is 0 Å². The number of nitrogens with two attached hydrogens (primary N) is 1. The normalized spacial score (nSPS) is 14.4. The van der Waals surface area contributed by atoms with E-state index < -0.39 is 0 Å². The number of nitrogens with zero attached hydrogens (tertiary/aromatic N) is 2. The highest BCUT2D eigenvalue weighted by Gasteiger charge is 2.21. The molecule has 19 heavy (non-hydrogen) atoms. The summed E-state index contributed by atoms with van der Waals surface area (Å²) in [7, 11) is 0. The van der Waals surface area contributed by atoms with Crippen LogP contribution in [0.1, 0.15) is 28.4 Å². The fraction of sp³-hybridized carbons (Fsp3) is 0.385. The maximum atomic E-state index is 6.12. The Morgan fingerprint density at radius 1 is 1.26 bits per heavy atom. The molecule has 0 saturated heterocycles. The molecule has 0 radical (unpaired) electrons. The average Bonchev–Trinajstić information content (AvgIpc) is 2.70. The fourth-order valence-corrected chi connectivity index (χ4v) is 4.63. The SMILES string of the molecule is Cc1cc(C)nc(SC(c2cc(Br)cs2)C(C)N)n1. The molecule has 0 bridgehead atoms. The molecule has 102 valence electrons. The quantitative estimate of drug-likeness (QED) is 0.660. The van der Waals surface area contributed by atoms with Crippen LogP contribution in [0.5, 0.6) is 0 Å². The molecular weight excluding hydrogens is 342 g/mol. The van der Waals surface area contributed by atoms with Gasteiger partial charge in [0.1, 0.15) is 0 Å². The Labute approximate surface area is 130 Å². The first-order valence-electron chi connectivity index (χ1n) is 5.94. The Morgan fingerprint density at radius 2 is 1.89 bits per heavy atom. The van der Waals surface area contributed by atoms with E-state index in [1.165, 1.54) is 4.88 Å². The third-order valence-electron chi connectivity index (χ3n) is 2.54. The second-order valence-electron chi connectivity index (χ2n) is 4.50. The van der Waals surface area contributed by atoms with Gasteiger partial charge in [-0.15, -0.1) is 11.3 Å². The largest absolute Gasteiger partial charge is 0.327 e. The van der Waals surface area contributed by atoms with E-state index in [0.717, 1.165) is 21.0 Å². The molecule has 0 saturated carbocycles. The number of halogens is 1. The van der Waals surface area contributed by atoms with Crippen molar-refractivity contribution < 1.29 is 0 Å². The van der Waals surface area contributed by atoms with Gasteiger partial charge in [-0.1, -0.05) is 11.8 Å². The van der Waals surface area contributed by atoms with Crippen molar-refractivity contribution in [1.82, 2.24) is 9.97 Å². The van der Waals surface area contributed by atoms with E-state index in [2.05, 4.69) is 37.3 Å². The molecule has 0 aliphatic rings. The molecule has 0 aliphatic heterocycles. The van der Waals surface area contributed by atoms with Crippen molar-refractivity contribution in [3.63, 3.8) is 0 Å². The van der Waals surface area contributed by atoms with Crippen molar-refractivity contribution >= 4 is 39.0 Å². The molecule has 2 aromatic heterocycles. The van der Waals surface area contributed by atoms with Crippen LogP contribution in [0.15, 0.2) is 27.1 Å². The lowest BCUT2D eigenvalue weighted by Crippen LogP contribution is -2.22. The summed E-state index contributed by atoms with van der Waals surface area (Å²) in [6.45, 7) is 6.00. The van der Waals surface area contributed by atoms with E-state index in [-0.39, 0.29) is 11.3 Å². The summed E-state index contributed by atoms with van der Waals surface area (Å²) in [5.74, 6) is 0. The molecule has 3 nitrogen and oxygen atoms in total. The van der Waals surface area contributed by atoms with Crippen LogP contribution in [0.2, 0.25) is 0 Å². The molecule has 2 aromatic rings. The molecule has 0 aromatic carbocycles. The third-order valence-corrected chi connectivity index (χ3v) is 5.80. The van der Waals surface area contributed by atoms with Gasteiger partial charge in [0, 0.05) is 32.2 Å². The van der Waals surface area contributed by atoms with Gasteiger partial charge >= 0.3 is 0 Å². The molecule has 0 aliphatic carbocycles. The van der Waals surface area contributed by atoms with Gasteiger partial charge in [0.05, 0.1) is 5.25 Å². The first-order valence-corrected chi connectivity index (χ1v) is 8.49. The molecule has 2 atom stereocenters. The van der Waals surface area contributed by atoms with Gasteiger partial charge < -0.3 is 5.73 Å².